The Hall–Kier alpha value is -2.87. The third-order valence-corrected chi connectivity index (χ3v) is 6.28. The van der Waals surface area contributed by atoms with Crippen LogP contribution < -0.4 is 5.32 Å². The van der Waals surface area contributed by atoms with Gasteiger partial charge in [-0.05, 0) is 30.9 Å². The number of anilines is 1. The maximum Gasteiger partial charge on any atom is 0.229 e. The van der Waals surface area contributed by atoms with Gasteiger partial charge in [-0.1, -0.05) is 41.7 Å². The predicted octanol–water partition coefficient (Wildman–Crippen LogP) is 4.38. The van der Waals surface area contributed by atoms with E-state index in [0.29, 0.717) is 54.1 Å². The van der Waals surface area contributed by atoms with Crippen LogP contribution in [0.25, 0.3) is 10.2 Å². The van der Waals surface area contributed by atoms with Gasteiger partial charge in [0.15, 0.2) is 16.8 Å². The van der Waals surface area contributed by atoms with Crippen molar-refractivity contribution in [3.05, 3.63) is 59.7 Å². The maximum atomic E-state index is 13.3. The number of benzene rings is 2. The van der Waals surface area contributed by atoms with Gasteiger partial charge in [0.1, 0.15) is 0 Å². The lowest BCUT2D eigenvalue weighted by Crippen LogP contribution is -2.41. The number of carbonyl (C=O) groups excluding carboxylic acids is 2. The van der Waals surface area contributed by atoms with E-state index in [2.05, 4.69) is 10.3 Å². The fourth-order valence-corrected chi connectivity index (χ4v) is 4.51. The molecular weight excluding hydrogens is 408 g/mol. The van der Waals surface area contributed by atoms with E-state index in [1.165, 1.54) is 0 Å². The van der Waals surface area contributed by atoms with Crippen LogP contribution in [-0.2, 0) is 16.0 Å². The van der Waals surface area contributed by atoms with Gasteiger partial charge in [0.2, 0.25) is 11.8 Å². The summed E-state index contributed by atoms with van der Waals surface area (Å²) in [5.41, 5.74) is 1.45. The van der Waals surface area contributed by atoms with Gasteiger partial charge >= 0.3 is 0 Å². The molecule has 156 valence electrons. The van der Waals surface area contributed by atoms with Crippen LogP contribution in [0.3, 0.4) is 0 Å². The Kier molecular flexibility index (Phi) is 6.03. The first-order chi connectivity index (χ1) is 14.5. The van der Waals surface area contributed by atoms with Gasteiger partial charge in [-0.3, -0.25) is 9.59 Å². The third-order valence-electron chi connectivity index (χ3n) is 5.35. The molecule has 1 saturated heterocycles. The molecule has 0 atom stereocenters. The van der Waals surface area contributed by atoms with Gasteiger partial charge in [0, 0.05) is 31.5 Å². The summed E-state index contributed by atoms with van der Waals surface area (Å²) in [5, 5.41) is 3.07. The second-order valence-electron chi connectivity index (χ2n) is 7.38. The topological polar surface area (TPSA) is 62.3 Å². The zero-order valence-corrected chi connectivity index (χ0v) is 17.1. The molecule has 0 bridgehead atoms. The van der Waals surface area contributed by atoms with Crippen LogP contribution in [0.15, 0.2) is 42.5 Å². The molecule has 0 unspecified atom stereocenters. The number of fused-ring (bicyclic) bond motifs is 1. The highest BCUT2D eigenvalue weighted by Gasteiger charge is 2.27. The van der Waals surface area contributed by atoms with Crippen LogP contribution in [0.1, 0.15) is 24.8 Å². The normalized spacial score (nSPS) is 14.8. The summed E-state index contributed by atoms with van der Waals surface area (Å²) in [6.07, 6.45) is 2.33. The van der Waals surface area contributed by atoms with Crippen molar-refractivity contribution in [1.29, 1.82) is 0 Å². The minimum absolute atomic E-state index is 0.105. The number of thiazole rings is 1. The van der Waals surface area contributed by atoms with Crippen LogP contribution in [0.2, 0.25) is 0 Å². The number of nitrogens with one attached hydrogen (secondary N) is 1. The summed E-state index contributed by atoms with van der Waals surface area (Å²) in [6, 6.07) is 12.0. The summed E-state index contributed by atoms with van der Waals surface area (Å²) in [4.78, 5) is 31.0. The van der Waals surface area contributed by atoms with Gasteiger partial charge < -0.3 is 10.2 Å². The number of rotatable bonds is 5. The minimum Gasteiger partial charge on any atom is -0.343 e. The van der Waals surface area contributed by atoms with E-state index < -0.39 is 11.6 Å². The van der Waals surface area contributed by atoms with E-state index in [1.54, 1.807) is 0 Å². The molecule has 1 N–H and O–H groups in total. The van der Waals surface area contributed by atoms with Crippen LogP contribution >= 0.6 is 11.3 Å². The number of amides is 2. The Balaban J connectivity index is 1.28. The molecule has 8 heteroatoms. The van der Waals surface area contributed by atoms with Gasteiger partial charge in [0.25, 0.3) is 0 Å². The fourth-order valence-electron chi connectivity index (χ4n) is 3.63. The van der Waals surface area contributed by atoms with Gasteiger partial charge in [-0.2, -0.15) is 0 Å². The van der Waals surface area contributed by atoms with Crippen LogP contribution in [-0.4, -0.2) is 34.8 Å². The summed E-state index contributed by atoms with van der Waals surface area (Å²) in [6.45, 7) is 1.09. The Morgan fingerprint density at radius 2 is 1.80 bits per heavy atom. The monoisotopic (exact) mass is 429 g/mol. The number of hydrogen-bond donors (Lipinski definition) is 1. The van der Waals surface area contributed by atoms with E-state index in [4.69, 9.17) is 0 Å². The molecule has 2 amide bonds. The maximum absolute atomic E-state index is 13.3. The van der Waals surface area contributed by atoms with Crippen LogP contribution in [0.5, 0.6) is 0 Å². The third kappa shape index (κ3) is 4.64. The number of likely N-dealkylation sites (tertiary alicyclic amines) is 1. The number of piperidine rings is 1. The number of aryl methyl sites for hydroxylation is 1. The first-order valence-corrected chi connectivity index (χ1v) is 10.7. The summed E-state index contributed by atoms with van der Waals surface area (Å²) in [5.74, 6) is -2.19. The van der Waals surface area contributed by atoms with Crippen molar-refractivity contribution < 1.29 is 18.4 Å². The van der Waals surface area contributed by atoms with Gasteiger partial charge in [0.05, 0.1) is 10.2 Å². The molecule has 1 fully saturated rings. The predicted molar refractivity (Wildman–Crippen MR) is 112 cm³/mol. The summed E-state index contributed by atoms with van der Waals surface area (Å²) < 4.78 is 27.2. The lowest BCUT2D eigenvalue weighted by molar-refractivity contribution is -0.134. The standard InChI is InChI=1S/C22H21F2N3O2S/c23-16-12-18-19(13-17(16)24)30-22(25-18)26-21(29)15-8-10-27(11-9-15)20(28)7-6-14-4-2-1-3-5-14/h1-5,12-13,15H,6-11H2,(H,25,26,29). The number of nitrogens with zero attached hydrogens (tertiary/aromatic N) is 2. The average Bonchev–Trinajstić information content (AvgIpc) is 3.14. The minimum atomic E-state index is -0.963. The molecule has 4 rings (SSSR count). The summed E-state index contributed by atoms with van der Waals surface area (Å²) in [7, 11) is 0. The van der Waals surface area contributed by atoms with E-state index in [-0.39, 0.29) is 17.7 Å². The molecule has 0 radical (unpaired) electrons. The summed E-state index contributed by atoms with van der Waals surface area (Å²) >= 11 is 1.11. The lowest BCUT2D eigenvalue weighted by Gasteiger charge is -2.31. The SMILES string of the molecule is O=C(Nc1nc2cc(F)c(F)cc2s1)C1CCN(C(=O)CCc2ccccc2)CC1. The number of hydrogen-bond acceptors (Lipinski definition) is 4. The number of carbonyl (C=O) groups is 2. The molecule has 1 aliphatic heterocycles. The average molecular weight is 429 g/mol. The highest BCUT2D eigenvalue weighted by Crippen LogP contribution is 2.29. The van der Waals surface area contributed by atoms with Gasteiger partial charge in [-0.25, -0.2) is 13.8 Å². The van der Waals surface area contributed by atoms with E-state index in [9.17, 15) is 18.4 Å². The molecule has 0 aliphatic carbocycles. The second kappa shape index (κ2) is 8.87. The van der Waals surface area contributed by atoms with Crippen molar-refractivity contribution in [2.24, 2.45) is 5.92 Å². The van der Waals surface area contributed by atoms with Crippen LogP contribution in [0.4, 0.5) is 13.9 Å². The molecular formula is C22H21F2N3O2S. The highest BCUT2D eigenvalue weighted by atomic mass is 32.1. The van der Waals surface area contributed by atoms with Crippen molar-refractivity contribution in [3.8, 4) is 0 Å². The molecule has 0 spiro atoms. The molecule has 2 aromatic carbocycles. The molecule has 1 aromatic heterocycles. The van der Waals surface area contributed by atoms with E-state index >= 15 is 0 Å². The number of aromatic nitrogens is 1. The van der Waals surface area contributed by atoms with E-state index in [0.717, 1.165) is 29.0 Å². The van der Waals surface area contributed by atoms with Crippen molar-refractivity contribution in [3.63, 3.8) is 0 Å². The quantitative estimate of drug-likeness (QED) is 0.655. The Morgan fingerprint density at radius 3 is 2.53 bits per heavy atom. The lowest BCUT2D eigenvalue weighted by atomic mass is 9.95. The molecule has 5 nitrogen and oxygen atoms in total. The number of halogens is 2. The Bertz CT molecular complexity index is 1020. The molecule has 3 aromatic rings. The van der Waals surface area contributed by atoms with E-state index in [1.807, 2.05) is 35.2 Å². The van der Waals surface area contributed by atoms with Crippen molar-refractivity contribution in [2.45, 2.75) is 25.7 Å². The van der Waals surface area contributed by atoms with Crippen LogP contribution in [0, 0.1) is 17.6 Å². The van der Waals surface area contributed by atoms with Crippen molar-refractivity contribution in [1.82, 2.24) is 9.88 Å². The second-order valence-corrected chi connectivity index (χ2v) is 8.41. The zero-order chi connectivity index (χ0) is 21.1. The Morgan fingerprint density at radius 1 is 1.10 bits per heavy atom. The Labute approximate surface area is 176 Å². The smallest absolute Gasteiger partial charge is 0.229 e. The van der Waals surface area contributed by atoms with Crippen molar-refractivity contribution >= 4 is 38.5 Å². The molecule has 30 heavy (non-hydrogen) atoms. The first kappa shape index (κ1) is 20.4. The highest BCUT2D eigenvalue weighted by molar-refractivity contribution is 7.22. The molecule has 2 heterocycles. The van der Waals surface area contributed by atoms with Gasteiger partial charge in [-0.15, -0.1) is 0 Å². The molecule has 0 saturated carbocycles. The zero-order valence-electron chi connectivity index (χ0n) is 16.2. The largest absolute Gasteiger partial charge is 0.343 e. The first-order valence-electron chi connectivity index (χ1n) is 9.88. The molecule has 1 aliphatic rings. The fraction of sp³-hybridized carbons (Fsp3) is 0.318. The van der Waals surface area contributed by atoms with Crippen molar-refractivity contribution in [2.75, 3.05) is 18.4 Å².